The van der Waals surface area contributed by atoms with Crippen LogP contribution in [0.25, 0.3) is 10.9 Å². The lowest BCUT2D eigenvalue weighted by Gasteiger charge is -2.26. The second-order valence-electron chi connectivity index (χ2n) is 8.24. The van der Waals surface area contributed by atoms with Crippen LogP contribution in [0.4, 0.5) is 0 Å². The highest BCUT2D eigenvalue weighted by molar-refractivity contribution is 7.80. The summed E-state index contributed by atoms with van der Waals surface area (Å²) in [6.45, 7) is 8.23. The molecule has 0 amide bonds. The third kappa shape index (κ3) is 4.72. The molecule has 0 unspecified atom stereocenters. The van der Waals surface area contributed by atoms with Crippen molar-refractivity contribution in [1.82, 2.24) is 15.2 Å². The maximum absolute atomic E-state index is 12.9. The molecule has 1 aromatic heterocycles. The first-order chi connectivity index (χ1) is 15.5. The second kappa shape index (κ2) is 9.61. The molecule has 0 bridgehead atoms. The number of pyridine rings is 1. The van der Waals surface area contributed by atoms with Gasteiger partial charge in [0.25, 0.3) is 5.56 Å². The van der Waals surface area contributed by atoms with Crippen molar-refractivity contribution in [2.24, 2.45) is 0 Å². The van der Waals surface area contributed by atoms with Crippen molar-refractivity contribution < 1.29 is 9.47 Å². The van der Waals surface area contributed by atoms with Gasteiger partial charge in [0.05, 0.1) is 12.1 Å². The molecule has 0 atom stereocenters. The Bertz CT molecular complexity index is 1200. The van der Waals surface area contributed by atoms with Gasteiger partial charge in [-0.1, -0.05) is 31.5 Å². The molecular formula is C25H29N3O3S. The van der Waals surface area contributed by atoms with Gasteiger partial charge in [-0.05, 0) is 67.4 Å². The second-order valence-corrected chi connectivity index (χ2v) is 8.63. The monoisotopic (exact) mass is 451 g/mol. The molecule has 0 fully saturated rings. The Morgan fingerprint density at radius 1 is 1.09 bits per heavy atom. The van der Waals surface area contributed by atoms with Crippen molar-refractivity contribution in [2.45, 2.75) is 46.7 Å². The average molecular weight is 452 g/mol. The standard InChI is InChI=1S/C25H29N3O3S/c1-4-5-10-26-25(32)28(13-18-8-9-21-22(11-18)31-15-30-21)14-19-12-20-16(2)6-7-17(3)23(20)27-24(19)29/h6-9,11-12H,4-5,10,13-15H2,1-3H3,(H,26,32)(H,27,29). The first-order valence-electron chi connectivity index (χ1n) is 11.0. The van der Waals surface area contributed by atoms with Crippen molar-refractivity contribution in [3.63, 3.8) is 0 Å². The number of aromatic nitrogens is 1. The number of hydrogen-bond donors (Lipinski definition) is 2. The van der Waals surface area contributed by atoms with E-state index < -0.39 is 0 Å². The van der Waals surface area contributed by atoms with Crippen LogP contribution in [0, 0.1) is 13.8 Å². The van der Waals surface area contributed by atoms with Crippen molar-refractivity contribution in [1.29, 1.82) is 0 Å². The maximum Gasteiger partial charge on any atom is 0.253 e. The molecule has 2 aromatic carbocycles. The van der Waals surface area contributed by atoms with E-state index >= 15 is 0 Å². The highest BCUT2D eigenvalue weighted by atomic mass is 32.1. The Labute approximate surface area is 193 Å². The van der Waals surface area contributed by atoms with E-state index in [0.717, 1.165) is 58.5 Å². The van der Waals surface area contributed by atoms with Crippen molar-refractivity contribution in [2.75, 3.05) is 13.3 Å². The number of nitrogens with zero attached hydrogens (tertiary/aromatic N) is 1. The number of aryl methyl sites for hydroxylation is 2. The number of rotatable bonds is 7. The van der Waals surface area contributed by atoms with Crippen molar-refractivity contribution in [3.05, 3.63) is 69.0 Å². The summed E-state index contributed by atoms with van der Waals surface area (Å²) in [6.07, 6.45) is 2.12. The minimum Gasteiger partial charge on any atom is -0.454 e. The van der Waals surface area contributed by atoms with Crippen LogP contribution in [0.2, 0.25) is 0 Å². The lowest BCUT2D eigenvalue weighted by Crippen LogP contribution is -2.40. The van der Waals surface area contributed by atoms with E-state index in [1.54, 1.807) is 0 Å². The van der Waals surface area contributed by atoms with Gasteiger partial charge in [-0.15, -0.1) is 0 Å². The van der Waals surface area contributed by atoms with E-state index in [1.807, 2.05) is 42.2 Å². The summed E-state index contributed by atoms with van der Waals surface area (Å²) in [4.78, 5) is 18.0. The number of H-pyrrole nitrogens is 1. The number of ether oxygens (including phenoxy) is 2. The first kappa shape index (κ1) is 22.1. The summed E-state index contributed by atoms with van der Waals surface area (Å²) in [5.41, 5.74) is 4.73. The highest BCUT2D eigenvalue weighted by Crippen LogP contribution is 2.33. The molecule has 0 spiro atoms. The summed E-state index contributed by atoms with van der Waals surface area (Å²) >= 11 is 5.72. The molecule has 0 saturated heterocycles. The number of thiocarbonyl (C=S) groups is 1. The molecule has 6 nitrogen and oxygen atoms in total. The third-order valence-corrected chi connectivity index (χ3v) is 6.19. The first-order valence-corrected chi connectivity index (χ1v) is 11.4. The van der Waals surface area contributed by atoms with E-state index in [0.29, 0.717) is 23.8 Å². The molecule has 1 aliphatic rings. The molecule has 168 valence electrons. The topological polar surface area (TPSA) is 66.6 Å². The van der Waals surface area contributed by atoms with Crippen LogP contribution in [-0.4, -0.2) is 28.3 Å². The Kier molecular flexibility index (Phi) is 6.65. The number of nitrogens with one attached hydrogen (secondary N) is 2. The Hall–Kier alpha value is -3.06. The summed E-state index contributed by atoms with van der Waals surface area (Å²) < 4.78 is 11.0. The average Bonchev–Trinajstić information content (AvgIpc) is 3.25. The fraction of sp³-hybridized carbons (Fsp3) is 0.360. The van der Waals surface area contributed by atoms with Gasteiger partial charge in [-0.25, -0.2) is 0 Å². The zero-order valence-electron chi connectivity index (χ0n) is 18.8. The number of aromatic amines is 1. The molecule has 32 heavy (non-hydrogen) atoms. The summed E-state index contributed by atoms with van der Waals surface area (Å²) in [6, 6.07) is 12.0. The number of fused-ring (bicyclic) bond motifs is 2. The zero-order valence-corrected chi connectivity index (χ0v) is 19.6. The van der Waals surface area contributed by atoms with Crippen LogP contribution in [0.15, 0.2) is 41.2 Å². The normalized spacial score (nSPS) is 12.2. The minimum atomic E-state index is -0.0850. The number of hydrogen-bond acceptors (Lipinski definition) is 4. The predicted molar refractivity (Wildman–Crippen MR) is 131 cm³/mol. The van der Waals surface area contributed by atoms with Crippen LogP contribution in [0.3, 0.4) is 0 Å². The van der Waals surface area contributed by atoms with E-state index in [9.17, 15) is 4.79 Å². The summed E-state index contributed by atoms with van der Waals surface area (Å²) in [5.74, 6) is 1.49. The van der Waals surface area contributed by atoms with Crippen LogP contribution < -0.4 is 20.3 Å². The molecule has 0 saturated carbocycles. The zero-order chi connectivity index (χ0) is 22.7. The fourth-order valence-electron chi connectivity index (χ4n) is 3.88. The van der Waals surface area contributed by atoms with E-state index in [4.69, 9.17) is 21.7 Å². The minimum absolute atomic E-state index is 0.0850. The molecule has 2 heterocycles. The van der Waals surface area contributed by atoms with Gasteiger partial charge >= 0.3 is 0 Å². The molecule has 3 aromatic rings. The van der Waals surface area contributed by atoms with E-state index in [-0.39, 0.29) is 12.4 Å². The molecule has 0 aliphatic carbocycles. The Balaban J connectivity index is 1.64. The van der Waals surface area contributed by atoms with Gasteiger partial charge in [0.15, 0.2) is 16.6 Å². The molecule has 0 radical (unpaired) electrons. The molecular weight excluding hydrogens is 422 g/mol. The highest BCUT2D eigenvalue weighted by Gasteiger charge is 2.18. The van der Waals surface area contributed by atoms with Crippen LogP contribution in [0.1, 0.15) is 42.0 Å². The Morgan fingerprint density at radius 2 is 1.88 bits per heavy atom. The largest absolute Gasteiger partial charge is 0.454 e. The van der Waals surface area contributed by atoms with Gasteiger partial charge in [-0.2, -0.15) is 0 Å². The SMILES string of the molecule is CCCCNC(=S)N(Cc1ccc2c(c1)OCO2)Cc1cc2c(C)ccc(C)c2[nH]c1=O. The van der Waals surface area contributed by atoms with Gasteiger partial charge in [-0.3, -0.25) is 4.79 Å². The fourth-order valence-corrected chi connectivity index (χ4v) is 4.12. The van der Waals surface area contributed by atoms with Crippen LogP contribution in [-0.2, 0) is 13.1 Å². The Morgan fingerprint density at radius 3 is 2.69 bits per heavy atom. The molecule has 4 rings (SSSR count). The van der Waals surface area contributed by atoms with Crippen LogP contribution >= 0.6 is 12.2 Å². The third-order valence-electron chi connectivity index (χ3n) is 5.79. The predicted octanol–water partition coefficient (Wildman–Crippen LogP) is 4.55. The van der Waals surface area contributed by atoms with Gasteiger partial charge < -0.3 is 24.7 Å². The van der Waals surface area contributed by atoms with E-state index in [1.165, 1.54) is 0 Å². The summed E-state index contributed by atoms with van der Waals surface area (Å²) in [7, 11) is 0. The van der Waals surface area contributed by atoms with Crippen molar-refractivity contribution >= 4 is 28.2 Å². The maximum atomic E-state index is 12.9. The molecule has 7 heteroatoms. The lowest BCUT2D eigenvalue weighted by atomic mass is 10.0. The van der Waals surface area contributed by atoms with Gasteiger partial charge in [0.2, 0.25) is 6.79 Å². The lowest BCUT2D eigenvalue weighted by molar-refractivity contribution is 0.174. The molecule has 2 N–H and O–H groups in total. The van der Waals surface area contributed by atoms with Crippen LogP contribution in [0.5, 0.6) is 11.5 Å². The van der Waals surface area contributed by atoms with Gasteiger partial charge in [0, 0.05) is 24.0 Å². The summed E-state index contributed by atoms with van der Waals surface area (Å²) in [5, 5.41) is 5.04. The molecule has 1 aliphatic heterocycles. The number of unbranched alkanes of at least 4 members (excludes halogenated alkanes) is 1. The van der Waals surface area contributed by atoms with E-state index in [2.05, 4.69) is 30.2 Å². The quantitative estimate of drug-likeness (QED) is 0.406. The van der Waals surface area contributed by atoms with Crippen molar-refractivity contribution in [3.8, 4) is 11.5 Å². The van der Waals surface area contributed by atoms with Gasteiger partial charge in [0.1, 0.15) is 0 Å². The number of benzene rings is 2. The smallest absolute Gasteiger partial charge is 0.253 e.